The third-order valence-corrected chi connectivity index (χ3v) is 3.87. The monoisotopic (exact) mass is 370 g/mol. The van der Waals surface area contributed by atoms with E-state index in [9.17, 15) is 8.78 Å². The summed E-state index contributed by atoms with van der Waals surface area (Å²) in [4.78, 5) is 2.76. The van der Waals surface area contributed by atoms with Gasteiger partial charge in [-0.05, 0) is 30.4 Å². The lowest BCUT2D eigenvalue weighted by Gasteiger charge is -2.11. The van der Waals surface area contributed by atoms with Gasteiger partial charge in [0, 0.05) is 16.6 Å². The van der Waals surface area contributed by atoms with E-state index in [1.807, 2.05) is 6.07 Å². The molecule has 0 atom stereocenters. The Kier molecular flexibility index (Phi) is 3.54. The van der Waals surface area contributed by atoms with Gasteiger partial charge in [-0.3, -0.25) is 4.57 Å². The lowest BCUT2D eigenvalue weighted by atomic mass is 10.2. The van der Waals surface area contributed by atoms with Crippen molar-refractivity contribution in [3.05, 3.63) is 51.2 Å². The molecule has 0 spiro atoms. The minimum atomic E-state index is -0.691. The van der Waals surface area contributed by atoms with E-state index < -0.39 is 11.6 Å². The highest BCUT2D eigenvalue weighted by Gasteiger charge is 2.15. The molecule has 21 heavy (non-hydrogen) atoms. The van der Waals surface area contributed by atoms with Crippen molar-refractivity contribution in [1.29, 1.82) is 0 Å². The Balaban J connectivity index is 2.43. The van der Waals surface area contributed by atoms with E-state index in [-0.39, 0.29) is 10.3 Å². The number of H-pyrrole nitrogens is 1. The number of fused-ring (bicyclic) bond motifs is 1. The Labute approximate surface area is 132 Å². The minimum Gasteiger partial charge on any atom is -0.495 e. The molecule has 0 bridgehead atoms. The zero-order chi connectivity index (χ0) is 15.1. The molecule has 1 heterocycles. The highest BCUT2D eigenvalue weighted by Crippen LogP contribution is 2.31. The second-order valence-corrected chi connectivity index (χ2v) is 5.67. The van der Waals surface area contributed by atoms with Gasteiger partial charge in [-0.1, -0.05) is 15.9 Å². The van der Waals surface area contributed by atoms with E-state index in [2.05, 4.69) is 20.9 Å². The van der Waals surface area contributed by atoms with Crippen molar-refractivity contribution in [2.24, 2.45) is 0 Å². The first-order valence-electron chi connectivity index (χ1n) is 5.95. The van der Waals surface area contributed by atoms with Gasteiger partial charge >= 0.3 is 0 Å². The first-order chi connectivity index (χ1) is 10.0. The fourth-order valence-electron chi connectivity index (χ4n) is 2.21. The largest absolute Gasteiger partial charge is 0.495 e. The fourth-order valence-corrected chi connectivity index (χ4v) is 2.86. The van der Waals surface area contributed by atoms with Crippen molar-refractivity contribution < 1.29 is 13.5 Å². The number of nitrogens with zero attached hydrogens (tertiary/aromatic N) is 1. The molecule has 0 saturated heterocycles. The van der Waals surface area contributed by atoms with Gasteiger partial charge in [0.2, 0.25) is 0 Å². The Morgan fingerprint density at radius 3 is 2.71 bits per heavy atom. The van der Waals surface area contributed by atoms with Crippen LogP contribution in [0.3, 0.4) is 0 Å². The number of benzene rings is 2. The second kappa shape index (κ2) is 5.23. The van der Waals surface area contributed by atoms with Gasteiger partial charge in [-0.25, -0.2) is 8.78 Å². The predicted octanol–water partition coefficient (Wildman–Crippen LogP) is 4.74. The van der Waals surface area contributed by atoms with Gasteiger partial charge in [0.1, 0.15) is 17.1 Å². The molecular weight excluding hydrogens is 362 g/mol. The Hall–Kier alpha value is -1.73. The maximum Gasteiger partial charge on any atom is 0.182 e. The number of aromatic amines is 1. The van der Waals surface area contributed by atoms with Crippen molar-refractivity contribution in [3.63, 3.8) is 0 Å². The number of hydrogen-bond donors (Lipinski definition) is 1. The highest BCUT2D eigenvalue weighted by molar-refractivity contribution is 9.10. The molecule has 0 aliphatic rings. The van der Waals surface area contributed by atoms with E-state index in [1.165, 1.54) is 13.2 Å². The lowest BCUT2D eigenvalue weighted by Crippen LogP contribution is -1.98. The molecule has 2 aromatic carbocycles. The number of ether oxygens (including phenoxy) is 1. The molecule has 0 saturated carbocycles. The van der Waals surface area contributed by atoms with Gasteiger partial charge in [0.15, 0.2) is 10.6 Å². The van der Waals surface area contributed by atoms with Crippen LogP contribution in [0.15, 0.2) is 34.8 Å². The molecule has 0 fully saturated rings. The molecule has 3 aromatic rings. The summed E-state index contributed by atoms with van der Waals surface area (Å²) in [5.41, 5.74) is 1.06. The van der Waals surface area contributed by atoms with Crippen LogP contribution in [0.1, 0.15) is 0 Å². The van der Waals surface area contributed by atoms with Gasteiger partial charge in [0.25, 0.3) is 0 Å². The summed E-state index contributed by atoms with van der Waals surface area (Å²) in [5.74, 6) is -0.819. The maximum atomic E-state index is 13.8. The van der Waals surface area contributed by atoms with Crippen molar-refractivity contribution in [2.45, 2.75) is 0 Å². The SMILES string of the molecule is COc1ccc(Br)cc1-n1c(=S)[nH]c2c(F)cc(F)cc21. The highest BCUT2D eigenvalue weighted by atomic mass is 79.9. The van der Waals surface area contributed by atoms with Crippen LogP contribution in [0, 0.1) is 16.4 Å². The van der Waals surface area contributed by atoms with Gasteiger partial charge in [-0.2, -0.15) is 0 Å². The second-order valence-electron chi connectivity index (χ2n) is 4.36. The molecule has 3 rings (SSSR count). The van der Waals surface area contributed by atoms with E-state index in [0.717, 1.165) is 10.5 Å². The number of imidazole rings is 1. The minimum absolute atomic E-state index is 0.156. The van der Waals surface area contributed by atoms with E-state index in [1.54, 1.807) is 16.7 Å². The van der Waals surface area contributed by atoms with Crippen LogP contribution in [0.25, 0.3) is 16.7 Å². The summed E-state index contributed by atoms with van der Waals surface area (Å²) < 4.78 is 35.3. The van der Waals surface area contributed by atoms with Crippen LogP contribution in [0.5, 0.6) is 5.75 Å². The van der Waals surface area contributed by atoms with Crippen molar-refractivity contribution >= 4 is 39.2 Å². The van der Waals surface area contributed by atoms with Crippen molar-refractivity contribution in [3.8, 4) is 11.4 Å². The molecule has 0 amide bonds. The van der Waals surface area contributed by atoms with Crippen LogP contribution < -0.4 is 4.74 Å². The average molecular weight is 371 g/mol. The third kappa shape index (κ3) is 2.36. The number of aromatic nitrogens is 2. The van der Waals surface area contributed by atoms with Crippen molar-refractivity contribution in [2.75, 3.05) is 7.11 Å². The first-order valence-corrected chi connectivity index (χ1v) is 7.15. The zero-order valence-electron chi connectivity index (χ0n) is 10.8. The lowest BCUT2D eigenvalue weighted by molar-refractivity contribution is 0.413. The topological polar surface area (TPSA) is 29.9 Å². The van der Waals surface area contributed by atoms with Crippen LogP contribution in [-0.2, 0) is 0 Å². The molecule has 0 aliphatic carbocycles. The summed E-state index contributed by atoms with van der Waals surface area (Å²) in [7, 11) is 1.52. The summed E-state index contributed by atoms with van der Waals surface area (Å²) >= 11 is 8.60. The van der Waals surface area contributed by atoms with Gasteiger partial charge in [0.05, 0.1) is 18.3 Å². The molecule has 1 aromatic heterocycles. The van der Waals surface area contributed by atoms with Crippen molar-refractivity contribution in [1.82, 2.24) is 9.55 Å². The first kappa shape index (κ1) is 14.2. The van der Waals surface area contributed by atoms with Crippen LogP contribution >= 0.6 is 28.1 Å². The maximum absolute atomic E-state index is 13.8. The number of rotatable bonds is 2. The third-order valence-electron chi connectivity index (χ3n) is 3.09. The molecule has 108 valence electrons. The van der Waals surface area contributed by atoms with E-state index in [4.69, 9.17) is 17.0 Å². The Morgan fingerprint density at radius 2 is 2.00 bits per heavy atom. The molecule has 7 heteroatoms. The Morgan fingerprint density at radius 1 is 1.24 bits per heavy atom. The Bertz CT molecular complexity index is 904. The van der Waals surface area contributed by atoms with Crippen LogP contribution in [0.4, 0.5) is 8.78 Å². The molecule has 3 nitrogen and oxygen atoms in total. The quantitative estimate of drug-likeness (QED) is 0.660. The zero-order valence-corrected chi connectivity index (χ0v) is 13.2. The van der Waals surface area contributed by atoms with Crippen LogP contribution in [-0.4, -0.2) is 16.7 Å². The van der Waals surface area contributed by atoms with Crippen LogP contribution in [0.2, 0.25) is 0 Å². The standard InChI is InChI=1S/C14H9BrF2N2OS/c1-20-12-3-2-7(15)4-10(12)19-11-6-8(16)5-9(17)13(11)18-14(19)21/h2-6H,1H3,(H,18,21). The molecule has 0 radical (unpaired) electrons. The molecule has 0 aliphatic heterocycles. The molecule has 1 N–H and O–H groups in total. The number of methoxy groups -OCH3 is 1. The smallest absolute Gasteiger partial charge is 0.182 e. The average Bonchev–Trinajstić information content (AvgIpc) is 2.75. The predicted molar refractivity (Wildman–Crippen MR) is 82.6 cm³/mol. The number of nitrogens with one attached hydrogen (secondary N) is 1. The van der Waals surface area contributed by atoms with E-state index >= 15 is 0 Å². The summed E-state index contributed by atoms with van der Waals surface area (Å²) in [6, 6.07) is 7.36. The fraction of sp³-hybridized carbons (Fsp3) is 0.0714. The number of hydrogen-bond acceptors (Lipinski definition) is 2. The normalized spacial score (nSPS) is 11.0. The van der Waals surface area contributed by atoms with E-state index in [0.29, 0.717) is 17.0 Å². The van der Waals surface area contributed by atoms with Gasteiger partial charge in [-0.15, -0.1) is 0 Å². The summed E-state index contributed by atoms with van der Waals surface area (Å²) in [6.07, 6.45) is 0. The number of halogens is 3. The molecule has 0 unspecified atom stereocenters. The summed E-state index contributed by atoms with van der Waals surface area (Å²) in [5, 5.41) is 0. The summed E-state index contributed by atoms with van der Waals surface area (Å²) in [6.45, 7) is 0. The van der Waals surface area contributed by atoms with Gasteiger partial charge < -0.3 is 9.72 Å². The molecular formula is C14H9BrF2N2OS.